The van der Waals surface area contributed by atoms with E-state index >= 15 is 0 Å². The zero-order valence-electron chi connectivity index (χ0n) is 11.3. The molecule has 1 fully saturated rings. The monoisotopic (exact) mass is 351 g/mol. The van der Waals surface area contributed by atoms with Gasteiger partial charge in [-0.3, -0.25) is 4.79 Å². The molecule has 0 aliphatic carbocycles. The van der Waals surface area contributed by atoms with Gasteiger partial charge in [-0.05, 0) is 18.6 Å². The number of anilines is 1. The topological polar surface area (TPSA) is 92.5 Å². The van der Waals surface area contributed by atoms with Gasteiger partial charge in [0.05, 0.1) is 10.0 Å². The largest absolute Gasteiger partial charge is 0.399 e. The summed E-state index contributed by atoms with van der Waals surface area (Å²) >= 11 is 12.0. The number of amides is 1. The third kappa shape index (κ3) is 3.42. The molecule has 1 saturated heterocycles. The molecule has 116 valence electrons. The molecule has 6 nitrogen and oxygen atoms in total. The lowest BCUT2D eigenvalue weighted by Gasteiger charge is -2.18. The Balaban J connectivity index is 2.30. The van der Waals surface area contributed by atoms with E-state index in [1.165, 1.54) is 23.4 Å². The number of halogens is 2. The van der Waals surface area contributed by atoms with Crippen molar-refractivity contribution in [3.8, 4) is 0 Å². The van der Waals surface area contributed by atoms with E-state index in [9.17, 15) is 13.2 Å². The first kappa shape index (κ1) is 16.4. The van der Waals surface area contributed by atoms with E-state index < -0.39 is 10.0 Å². The summed E-state index contributed by atoms with van der Waals surface area (Å²) in [5.41, 5.74) is 5.87. The molecule has 1 aromatic carbocycles. The number of sulfonamides is 1. The Labute approximate surface area is 133 Å². The standard InChI is InChI=1S/C12H15Cl2N3O3S/c1-7(18)16-9-2-3-17(6-9)21(19,20)12-10(13)4-8(15)5-11(12)14/h4-5,9H,2-3,6,15H2,1H3,(H,16,18). The number of carbonyl (C=O) groups excluding carboxylic acids is 1. The van der Waals surface area contributed by atoms with Crippen LogP contribution in [0.2, 0.25) is 10.0 Å². The van der Waals surface area contributed by atoms with Gasteiger partial charge in [-0.2, -0.15) is 4.31 Å². The van der Waals surface area contributed by atoms with Gasteiger partial charge in [0, 0.05) is 31.7 Å². The average Bonchev–Trinajstić information content (AvgIpc) is 2.75. The van der Waals surface area contributed by atoms with Gasteiger partial charge in [-0.1, -0.05) is 23.2 Å². The van der Waals surface area contributed by atoms with E-state index in [-0.39, 0.29) is 33.4 Å². The van der Waals surface area contributed by atoms with Crippen LogP contribution in [-0.2, 0) is 14.8 Å². The lowest BCUT2D eigenvalue weighted by Crippen LogP contribution is -2.37. The van der Waals surface area contributed by atoms with Crippen LogP contribution in [-0.4, -0.2) is 37.8 Å². The van der Waals surface area contributed by atoms with Gasteiger partial charge in [-0.15, -0.1) is 0 Å². The van der Waals surface area contributed by atoms with Crippen LogP contribution in [0, 0.1) is 0 Å². The summed E-state index contributed by atoms with van der Waals surface area (Å²) in [6.45, 7) is 1.88. The number of benzene rings is 1. The summed E-state index contributed by atoms with van der Waals surface area (Å²) in [5.74, 6) is -0.192. The number of carbonyl (C=O) groups is 1. The molecule has 1 aliphatic rings. The highest BCUT2D eigenvalue weighted by molar-refractivity contribution is 7.89. The molecule has 1 atom stereocenters. The van der Waals surface area contributed by atoms with Crippen LogP contribution in [0.1, 0.15) is 13.3 Å². The van der Waals surface area contributed by atoms with Crippen LogP contribution >= 0.6 is 23.2 Å². The summed E-state index contributed by atoms with van der Waals surface area (Å²) in [7, 11) is -3.82. The van der Waals surface area contributed by atoms with Crippen LogP contribution < -0.4 is 11.1 Å². The molecule has 21 heavy (non-hydrogen) atoms. The highest BCUT2D eigenvalue weighted by atomic mass is 35.5. The van der Waals surface area contributed by atoms with Gasteiger partial charge in [0.25, 0.3) is 0 Å². The smallest absolute Gasteiger partial charge is 0.246 e. The Kier molecular flexibility index (Phi) is 4.67. The molecule has 0 radical (unpaired) electrons. The fourth-order valence-corrected chi connectivity index (χ4v) is 4.99. The summed E-state index contributed by atoms with van der Waals surface area (Å²) < 4.78 is 26.5. The first-order valence-electron chi connectivity index (χ1n) is 6.23. The first-order valence-corrected chi connectivity index (χ1v) is 8.43. The lowest BCUT2D eigenvalue weighted by molar-refractivity contribution is -0.119. The van der Waals surface area contributed by atoms with Crippen molar-refractivity contribution in [2.24, 2.45) is 0 Å². The summed E-state index contributed by atoms with van der Waals surface area (Å²) in [6, 6.07) is 2.49. The molecule has 1 amide bonds. The maximum Gasteiger partial charge on any atom is 0.246 e. The number of hydrogen-bond acceptors (Lipinski definition) is 4. The lowest BCUT2D eigenvalue weighted by atomic mass is 10.3. The van der Waals surface area contributed by atoms with E-state index in [0.29, 0.717) is 18.7 Å². The Bertz CT molecular complexity index is 655. The van der Waals surface area contributed by atoms with Gasteiger partial charge in [0.15, 0.2) is 0 Å². The second kappa shape index (κ2) is 6.00. The van der Waals surface area contributed by atoms with Crippen molar-refractivity contribution >= 4 is 44.8 Å². The number of nitrogens with one attached hydrogen (secondary N) is 1. The minimum absolute atomic E-state index is 0.0111. The Morgan fingerprint density at radius 3 is 2.48 bits per heavy atom. The molecular weight excluding hydrogens is 337 g/mol. The van der Waals surface area contributed by atoms with Crippen molar-refractivity contribution in [1.82, 2.24) is 9.62 Å². The highest BCUT2D eigenvalue weighted by Gasteiger charge is 2.35. The van der Waals surface area contributed by atoms with Crippen LogP contribution in [0.3, 0.4) is 0 Å². The minimum Gasteiger partial charge on any atom is -0.399 e. The van der Waals surface area contributed by atoms with E-state index in [4.69, 9.17) is 28.9 Å². The summed E-state index contributed by atoms with van der Waals surface area (Å²) in [6.07, 6.45) is 0.545. The van der Waals surface area contributed by atoms with Gasteiger partial charge in [0.2, 0.25) is 15.9 Å². The maximum absolute atomic E-state index is 12.6. The van der Waals surface area contributed by atoms with E-state index in [1.54, 1.807) is 0 Å². The third-order valence-electron chi connectivity index (χ3n) is 3.18. The van der Waals surface area contributed by atoms with Crippen LogP contribution in [0.4, 0.5) is 5.69 Å². The van der Waals surface area contributed by atoms with Crippen molar-refractivity contribution < 1.29 is 13.2 Å². The molecular formula is C12H15Cl2N3O3S. The Hall–Kier alpha value is -1.02. The molecule has 1 heterocycles. The van der Waals surface area contributed by atoms with Crippen molar-refractivity contribution in [3.63, 3.8) is 0 Å². The van der Waals surface area contributed by atoms with Crippen molar-refractivity contribution in [2.75, 3.05) is 18.8 Å². The van der Waals surface area contributed by atoms with Crippen LogP contribution in [0.5, 0.6) is 0 Å². The van der Waals surface area contributed by atoms with Gasteiger partial charge < -0.3 is 11.1 Å². The molecule has 2 rings (SSSR count). The molecule has 0 aromatic heterocycles. The molecule has 0 saturated carbocycles. The van der Waals surface area contributed by atoms with Crippen molar-refractivity contribution in [3.05, 3.63) is 22.2 Å². The fourth-order valence-electron chi connectivity index (χ4n) is 2.31. The van der Waals surface area contributed by atoms with E-state index in [2.05, 4.69) is 5.32 Å². The van der Waals surface area contributed by atoms with Gasteiger partial charge >= 0.3 is 0 Å². The number of nitrogen functional groups attached to an aromatic ring is 1. The molecule has 1 unspecified atom stereocenters. The van der Waals surface area contributed by atoms with Gasteiger partial charge in [-0.25, -0.2) is 8.42 Å². The number of nitrogens with zero attached hydrogens (tertiary/aromatic N) is 1. The molecule has 0 bridgehead atoms. The number of hydrogen-bond donors (Lipinski definition) is 2. The second-order valence-corrected chi connectivity index (χ2v) is 7.55. The number of rotatable bonds is 3. The predicted octanol–water partition coefficient (Wildman–Crippen LogP) is 1.47. The quantitative estimate of drug-likeness (QED) is 0.806. The zero-order valence-corrected chi connectivity index (χ0v) is 13.6. The molecule has 1 aliphatic heterocycles. The minimum atomic E-state index is -3.82. The Morgan fingerprint density at radius 1 is 1.38 bits per heavy atom. The predicted molar refractivity (Wildman–Crippen MR) is 81.9 cm³/mol. The third-order valence-corrected chi connectivity index (χ3v) is 5.96. The van der Waals surface area contributed by atoms with Crippen LogP contribution in [0.25, 0.3) is 0 Å². The molecule has 0 spiro atoms. The van der Waals surface area contributed by atoms with Gasteiger partial charge in [0.1, 0.15) is 4.90 Å². The highest BCUT2D eigenvalue weighted by Crippen LogP contribution is 2.34. The molecule has 1 aromatic rings. The summed E-state index contributed by atoms with van der Waals surface area (Å²) in [4.78, 5) is 10.9. The average molecular weight is 352 g/mol. The van der Waals surface area contributed by atoms with Crippen molar-refractivity contribution in [1.29, 1.82) is 0 Å². The zero-order chi connectivity index (χ0) is 15.8. The maximum atomic E-state index is 12.6. The van der Waals surface area contributed by atoms with Crippen LogP contribution in [0.15, 0.2) is 17.0 Å². The van der Waals surface area contributed by atoms with Crippen molar-refractivity contribution in [2.45, 2.75) is 24.3 Å². The first-order chi connectivity index (χ1) is 9.71. The normalized spacial score (nSPS) is 19.7. The number of nitrogens with two attached hydrogens (primary N) is 1. The summed E-state index contributed by atoms with van der Waals surface area (Å²) in [5, 5.41) is 2.68. The Morgan fingerprint density at radius 2 is 1.95 bits per heavy atom. The molecule has 9 heteroatoms. The van der Waals surface area contributed by atoms with E-state index in [0.717, 1.165) is 0 Å². The second-order valence-electron chi connectivity index (χ2n) is 4.86. The SMILES string of the molecule is CC(=O)NC1CCN(S(=O)(=O)c2c(Cl)cc(N)cc2Cl)C1. The van der Waals surface area contributed by atoms with E-state index in [1.807, 2.05) is 0 Å². The molecule has 3 N–H and O–H groups in total. The fraction of sp³-hybridized carbons (Fsp3) is 0.417.